The molecule has 2 fully saturated rings. The summed E-state index contributed by atoms with van der Waals surface area (Å²) in [4.78, 5) is 22.6. The zero-order valence-electron chi connectivity index (χ0n) is 19.8. The number of fused-ring (bicyclic) bond motifs is 1. The van der Waals surface area contributed by atoms with Crippen molar-refractivity contribution in [3.63, 3.8) is 0 Å². The molecule has 4 rings (SSSR count). The minimum atomic E-state index is -1.23. The number of nitrogens with zero attached hydrogens (tertiary/aromatic N) is 1. The minimum absolute atomic E-state index is 0.116. The van der Waals surface area contributed by atoms with Crippen molar-refractivity contribution in [3.05, 3.63) is 75.8 Å². The van der Waals surface area contributed by atoms with Crippen LogP contribution in [0.4, 0.5) is 5.69 Å². The number of ether oxygens (including phenoxy) is 5. The Labute approximate surface area is 203 Å². The first-order valence-electron chi connectivity index (χ1n) is 11.2. The van der Waals surface area contributed by atoms with Gasteiger partial charge in [-0.25, -0.2) is 0 Å². The third kappa shape index (κ3) is 5.52. The fourth-order valence-corrected chi connectivity index (χ4v) is 4.33. The second kappa shape index (κ2) is 10.1. The van der Waals surface area contributed by atoms with Gasteiger partial charge in [-0.2, -0.15) is 0 Å². The summed E-state index contributed by atoms with van der Waals surface area (Å²) in [5.41, 5.74) is -0.0993. The van der Waals surface area contributed by atoms with E-state index < -0.39 is 40.6 Å². The van der Waals surface area contributed by atoms with Crippen molar-refractivity contribution in [2.24, 2.45) is 0 Å². The van der Waals surface area contributed by atoms with Crippen molar-refractivity contribution in [3.8, 4) is 11.8 Å². The number of rotatable bonds is 7. The van der Waals surface area contributed by atoms with E-state index in [-0.39, 0.29) is 24.5 Å². The molecule has 0 unspecified atom stereocenters. The van der Waals surface area contributed by atoms with Crippen LogP contribution < -0.4 is 0 Å². The molecule has 2 aromatic carbocycles. The van der Waals surface area contributed by atoms with Gasteiger partial charge >= 0.3 is 5.97 Å². The van der Waals surface area contributed by atoms with E-state index in [4.69, 9.17) is 23.7 Å². The smallest absolute Gasteiger partial charge is 0.302 e. The van der Waals surface area contributed by atoms with E-state index in [1.54, 1.807) is 32.0 Å². The average molecular weight is 482 g/mol. The highest BCUT2D eigenvalue weighted by Gasteiger charge is 2.66. The van der Waals surface area contributed by atoms with Gasteiger partial charge in [0, 0.05) is 13.0 Å². The van der Waals surface area contributed by atoms with Crippen molar-refractivity contribution in [1.29, 1.82) is 0 Å². The number of para-hydroxylation sites is 1. The van der Waals surface area contributed by atoms with Crippen molar-refractivity contribution >= 4 is 11.7 Å². The van der Waals surface area contributed by atoms with Gasteiger partial charge in [0.1, 0.15) is 24.4 Å². The minimum Gasteiger partial charge on any atom is -0.463 e. The summed E-state index contributed by atoms with van der Waals surface area (Å²) < 4.78 is 29.9. The standard InChI is InChI=1S/C26H27NO8/c1-18(28)32-17-26-23(14-13-20-11-7-8-12-21(20)27(29)30)33-22(24(26)34-25(2,3)35-26)16-31-15-19-9-5-4-6-10-19/h4-12,22-24H,15-17H2,1-3H3/t22-,23+,24-,26+/m1/s1. The van der Waals surface area contributed by atoms with E-state index in [0.29, 0.717) is 6.61 Å². The van der Waals surface area contributed by atoms with Crippen LogP contribution in [0.3, 0.4) is 0 Å². The molecule has 0 aliphatic carbocycles. The molecule has 0 spiro atoms. The van der Waals surface area contributed by atoms with E-state index in [2.05, 4.69) is 11.8 Å². The highest BCUT2D eigenvalue weighted by molar-refractivity contribution is 5.66. The van der Waals surface area contributed by atoms with Crippen LogP contribution in [0, 0.1) is 22.0 Å². The SMILES string of the molecule is CC(=O)OC[C@@]12OC(C)(C)O[C@@H]1[C@@H](COCc1ccccc1)O[C@H]2C#Cc1ccccc1[N+](=O)[O-]. The monoisotopic (exact) mass is 481 g/mol. The fourth-order valence-electron chi connectivity index (χ4n) is 4.33. The zero-order chi connectivity index (χ0) is 25.1. The quantitative estimate of drug-likeness (QED) is 0.256. The van der Waals surface area contributed by atoms with Crippen molar-refractivity contribution in [2.45, 2.75) is 57.1 Å². The molecule has 2 aliphatic rings. The van der Waals surface area contributed by atoms with Gasteiger partial charge in [-0.15, -0.1) is 0 Å². The first-order chi connectivity index (χ1) is 16.7. The summed E-state index contributed by atoms with van der Waals surface area (Å²) in [6.45, 7) is 5.23. The lowest BCUT2D eigenvalue weighted by atomic mass is 9.91. The molecule has 0 amide bonds. The predicted octanol–water partition coefficient (Wildman–Crippen LogP) is 3.38. The molecule has 0 bridgehead atoms. The molecule has 0 saturated carbocycles. The van der Waals surface area contributed by atoms with Gasteiger partial charge in [-0.3, -0.25) is 14.9 Å². The summed E-state index contributed by atoms with van der Waals surface area (Å²) >= 11 is 0. The Bertz CT molecular complexity index is 1140. The maximum absolute atomic E-state index is 11.7. The molecule has 35 heavy (non-hydrogen) atoms. The van der Waals surface area contributed by atoms with Crippen LogP contribution in [0.5, 0.6) is 0 Å². The van der Waals surface area contributed by atoms with Crippen molar-refractivity contribution in [2.75, 3.05) is 13.2 Å². The Morgan fingerprint density at radius 2 is 1.86 bits per heavy atom. The number of nitro groups is 1. The summed E-state index contributed by atoms with van der Waals surface area (Å²) in [6.07, 6.45) is -2.10. The summed E-state index contributed by atoms with van der Waals surface area (Å²) in [5, 5.41) is 11.4. The average Bonchev–Trinajstić information content (AvgIpc) is 3.25. The molecule has 0 aromatic heterocycles. The molecule has 2 aromatic rings. The van der Waals surface area contributed by atoms with Crippen LogP contribution >= 0.6 is 0 Å². The van der Waals surface area contributed by atoms with Crippen LogP contribution in [0.1, 0.15) is 31.9 Å². The van der Waals surface area contributed by atoms with E-state index in [1.807, 2.05) is 30.3 Å². The van der Waals surface area contributed by atoms with Gasteiger partial charge in [0.2, 0.25) is 0 Å². The molecule has 2 heterocycles. The number of hydrogen-bond acceptors (Lipinski definition) is 8. The Hall–Kier alpha value is -3.29. The number of hydrogen-bond donors (Lipinski definition) is 0. The Morgan fingerprint density at radius 3 is 2.57 bits per heavy atom. The van der Waals surface area contributed by atoms with E-state index in [1.165, 1.54) is 13.0 Å². The molecule has 2 aliphatic heterocycles. The molecule has 4 atom stereocenters. The molecular weight excluding hydrogens is 454 g/mol. The molecule has 9 nitrogen and oxygen atoms in total. The summed E-state index contributed by atoms with van der Waals surface area (Å²) in [5.74, 6) is 4.35. The fraction of sp³-hybridized carbons (Fsp3) is 0.423. The predicted molar refractivity (Wildman–Crippen MR) is 124 cm³/mol. The second-order valence-electron chi connectivity index (χ2n) is 8.87. The van der Waals surface area contributed by atoms with Gasteiger partial charge in [0.05, 0.1) is 18.1 Å². The van der Waals surface area contributed by atoms with Crippen LogP contribution in [-0.2, 0) is 35.1 Å². The number of carbonyl (C=O) groups excluding carboxylic acids is 1. The number of carbonyl (C=O) groups is 1. The molecular formula is C26H27NO8. The molecule has 2 saturated heterocycles. The Balaban J connectivity index is 1.62. The van der Waals surface area contributed by atoms with Gasteiger partial charge in [-0.05, 0) is 25.5 Å². The second-order valence-corrected chi connectivity index (χ2v) is 8.87. The first-order valence-corrected chi connectivity index (χ1v) is 11.2. The lowest BCUT2D eigenvalue weighted by Gasteiger charge is -2.29. The Kier molecular flexibility index (Phi) is 7.19. The van der Waals surface area contributed by atoms with E-state index in [0.717, 1.165) is 5.56 Å². The first kappa shape index (κ1) is 24.8. The molecule has 184 valence electrons. The lowest BCUT2D eigenvalue weighted by molar-refractivity contribution is -0.385. The van der Waals surface area contributed by atoms with Gasteiger partial charge in [0.15, 0.2) is 17.5 Å². The normalized spacial score (nSPS) is 26.4. The highest BCUT2D eigenvalue weighted by atomic mass is 16.8. The van der Waals surface area contributed by atoms with E-state index >= 15 is 0 Å². The number of benzene rings is 2. The van der Waals surface area contributed by atoms with Crippen molar-refractivity contribution in [1.82, 2.24) is 0 Å². The Morgan fingerprint density at radius 1 is 1.14 bits per heavy atom. The zero-order valence-corrected chi connectivity index (χ0v) is 19.8. The van der Waals surface area contributed by atoms with Gasteiger partial charge in [0.25, 0.3) is 5.69 Å². The third-order valence-electron chi connectivity index (χ3n) is 5.75. The molecule has 9 heteroatoms. The highest BCUT2D eigenvalue weighted by Crippen LogP contribution is 2.47. The van der Waals surface area contributed by atoms with E-state index in [9.17, 15) is 14.9 Å². The van der Waals surface area contributed by atoms with Crippen LogP contribution in [0.2, 0.25) is 0 Å². The maximum Gasteiger partial charge on any atom is 0.302 e. The number of nitro benzene ring substituents is 1. The lowest BCUT2D eigenvalue weighted by Crippen LogP contribution is -2.51. The van der Waals surface area contributed by atoms with Crippen LogP contribution in [0.25, 0.3) is 0 Å². The number of esters is 1. The third-order valence-corrected chi connectivity index (χ3v) is 5.75. The maximum atomic E-state index is 11.7. The topological polar surface area (TPSA) is 106 Å². The van der Waals surface area contributed by atoms with Crippen molar-refractivity contribution < 1.29 is 33.4 Å². The van der Waals surface area contributed by atoms with Gasteiger partial charge < -0.3 is 23.7 Å². The largest absolute Gasteiger partial charge is 0.463 e. The summed E-state index contributed by atoms with van der Waals surface area (Å²) in [6, 6.07) is 15.9. The van der Waals surface area contributed by atoms with Crippen LogP contribution in [0.15, 0.2) is 54.6 Å². The molecule has 0 N–H and O–H groups in total. The van der Waals surface area contributed by atoms with Gasteiger partial charge in [-0.1, -0.05) is 54.3 Å². The summed E-state index contributed by atoms with van der Waals surface area (Å²) in [7, 11) is 0. The van der Waals surface area contributed by atoms with Crippen LogP contribution in [-0.4, -0.2) is 53.8 Å². The molecule has 0 radical (unpaired) electrons.